The number of phenolic OH excluding ortho intramolecular Hbond substituents is 1. The predicted octanol–water partition coefficient (Wildman–Crippen LogP) is 1.70. The van der Waals surface area contributed by atoms with Gasteiger partial charge < -0.3 is 10.4 Å². The summed E-state index contributed by atoms with van der Waals surface area (Å²) in [5.41, 5.74) is 0.808. The van der Waals surface area contributed by atoms with Gasteiger partial charge in [0.05, 0.1) is 29.4 Å². The van der Waals surface area contributed by atoms with E-state index in [9.17, 15) is 15.2 Å². The van der Waals surface area contributed by atoms with Crippen molar-refractivity contribution in [1.29, 1.82) is 0 Å². The Hall–Kier alpha value is -2.70. The van der Waals surface area contributed by atoms with Crippen LogP contribution in [-0.2, 0) is 6.54 Å². The van der Waals surface area contributed by atoms with Crippen LogP contribution < -0.4 is 5.32 Å². The normalized spacial score (nSPS) is 10.0. The van der Waals surface area contributed by atoms with Crippen molar-refractivity contribution in [3.8, 4) is 5.75 Å². The minimum absolute atomic E-state index is 0.147. The molecule has 2 N–H and O–H groups in total. The standard InChI is InChI=1S/C11H10N4O3/c16-9-1-2-10(11(5-9)15(17)18)14-7-8-6-12-3-4-13-8/h1-6,14,16H,7H2. The van der Waals surface area contributed by atoms with Gasteiger partial charge in [-0.15, -0.1) is 0 Å². The quantitative estimate of drug-likeness (QED) is 0.483. The number of aromatic nitrogens is 2. The number of phenols is 1. The highest BCUT2D eigenvalue weighted by molar-refractivity contribution is 5.63. The monoisotopic (exact) mass is 246 g/mol. The maximum absolute atomic E-state index is 10.8. The fourth-order valence-electron chi connectivity index (χ4n) is 1.43. The Kier molecular flexibility index (Phi) is 3.33. The molecule has 2 aromatic rings. The number of aromatic hydroxyl groups is 1. The van der Waals surface area contributed by atoms with E-state index in [1.54, 1.807) is 18.6 Å². The molecule has 0 saturated carbocycles. The topological polar surface area (TPSA) is 101 Å². The summed E-state index contributed by atoms with van der Waals surface area (Å²) in [4.78, 5) is 18.2. The Morgan fingerprint density at radius 1 is 1.39 bits per heavy atom. The van der Waals surface area contributed by atoms with Gasteiger partial charge in [0.15, 0.2) is 0 Å². The maximum atomic E-state index is 10.8. The number of nitro benzene ring substituents is 1. The average Bonchev–Trinajstić information content (AvgIpc) is 2.38. The summed E-state index contributed by atoms with van der Waals surface area (Å²) in [5.74, 6) is -0.147. The van der Waals surface area contributed by atoms with Gasteiger partial charge in [0.1, 0.15) is 11.4 Å². The number of benzene rings is 1. The van der Waals surface area contributed by atoms with E-state index in [2.05, 4.69) is 15.3 Å². The van der Waals surface area contributed by atoms with Crippen molar-refractivity contribution < 1.29 is 10.0 Å². The lowest BCUT2D eigenvalue weighted by Gasteiger charge is -2.06. The largest absolute Gasteiger partial charge is 0.508 e. The third kappa shape index (κ3) is 2.70. The van der Waals surface area contributed by atoms with E-state index in [1.165, 1.54) is 12.1 Å². The lowest BCUT2D eigenvalue weighted by molar-refractivity contribution is -0.384. The van der Waals surface area contributed by atoms with Crippen LogP contribution >= 0.6 is 0 Å². The Bertz CT molecular complexity index is 559. The number of nitrogens with zero attached hydrogens (tertiary/aromatic N) is 3. The second kappa shape index (κ2) is 5.09. The predicted molar refractivity (Wildman–Crippen MR) is 64.1 cm³/mol. The Labute approximate surface area is 102 Å². The number of hydrogen-bond acceptors (Lipinski definition) is 6. The van der Waals surface area contributed by atoms with E-state index in [0.29, 0.717) is 17.9 Å². The van der Waals surface area contributed by atoms with Crippen LogP contribution in [0.15, 0.2) is 36.8 Å². The number of anilines is 1. The maximum Gasteiger partial charge on any atom is 0.296 e. The molecule has 0 radical (unpaired) electrons. The van der Waals surface area contributed by atoms with Crippen LogP contribution in [0.2, 0.25) is 0 Å². The van der Waals surface area contributed by atoms with Crippen molar-refractivity contribution in [2.24, 2.45) is 0 Å². The van der Waals surface area contributed by atoms with Crippen molar-refractivity contribution in [3.63, 3.8) is 0 Å². The summed E-state index contributed by atoms with van der Waals surface area (Å²) in [6.07, 6.45) is 4.66. The molecule has 92 valence electrons. The molecule has 0 saturated heterocycles. The molecular weight excluding hydrogens is 236 g/mol. The molecule has 2 rings (SSSR count). The molecule has 1 aromatic heterocycles. The second-order valence-corrected chi connectivity index (χ2v) is 3.51. The van der Waals surface area contributed by atoms with Gasteiger partial charge in [-0.2, -0.15) is 0 Å². The van der Waals surface area contributed by atoms with Crippen LogP contribution in [0.1, 0.15) is 5.69 Å². The Morgan fingerprint density at radius 2 is 2.22 bits per heavy atom. The fourth-order valence-corrected chi connectivity index (χ4v) is 1.43. The van der Waals surface area contributed by atoms with Crippen molar-refractivity contribution in [3.05, 3.63) is 52.6 Å². The summed E-state index contributed by atoms with van der Waals surface area (Å²) in [5, 5.41) is 22.9. The highest BCUT2D eigenvalue weighted by Crippen LogP contribution is 2.28. The molecule has 0 aliphatic heterocycles. The van der Waals surface area contributed by atoms with E-state index in [-0.39, 0.29) is 11.4 Å². The SMILES string of the molecule is O=[N+]([O-])c1cc(O)ccc1NCc1cnccn1. The summed E-state index contributed by atoms with van der Waals surface area (Å²) in [7, 11) is 0. The van der Waals surface area contributed by atoms with Crippen molar-refractivity contribution in [2.45, 2.75) is 6.54 Å². The molecule has 1 heterocycles. The fraction of sp³-hybridized carbons (Fsp3) is 0.0909. The number of hydrogen-bond donors (Lipinski definition) is 2. The molecule has 0 bridgehead atoms. The molecular formula is C11H10N4O3. The van der Waals surface area contributed by atoms with Gasteiger partial charge in [-0.3, -0.25) is 20.1 Å². The van der Waals surface area contributed by atoms with E-state index in [4.69, 9.17) is 0 Å². The molecule has 0 atom stereocenters. The first-order chi connectivity index (χ1) is 8.66. The van der Waals surface area contributed by atoms with E-state index in [0.717, 1.165) is 6.07 Å². The van der Waals surface area contributed by atoms with Gasteiger partial charge in [-0.05, 0) is 12.1 Å². The number of rotatable bonds is 4. The van der Waals surface area contributed by atoms with Crippen LogP contribution in [-0.4, -0.2) is 20.0 Å². The molecule has 7 heteroatoms. The zero-order chi connectivity index (χ0) is 13.0. The van der Waals surface area contributed by atoms with Crippen LogP contribution in [0.5, 0.6) is 5.75 Å². The first-order valence-corrected chi connectivity index (χ1v) is 5.13. The first-order valence-electron chi connectivity index (χ1n) is 5.13. The average molecular weight is 246 g/mol. The number of nitro groups is 1. The molecule has 1 aromatic carbocycles. The first kappa shape index (κ1) is 11.8. The van der Waals surface area contributed by atoms with Gasteiger partial charge in [-0.1, -0.05) is 0 Å². The van der Waals surface area contributed by atoms with Crippen LogP contribution in [0.4, 0.5) is 11.4 Å². The zero-order valence-electron chi connectivity index (χ0n) is 9.28. The van der Waals surface area contributed by atoms with Crippen molar-refractivity contribution in [1.82, 2.24) is 9.97 Å². The summed E-state index contributed by atoms with van der Waals surface area (Å²) >= 11 is 0. The van der Waals surface area contributed by atoms with Gasteiger partial charge in [0, 0.05) is 12.4 Å². The van der Waals surface area contributed by atoms with Crippen molar-refractivity contribution >= 4 is 11.4 Å². The second-order valence-electron chi connectivity index (χ2n) is 3.51. The smallest absolute Gasteiger partial charge is 0.296 e. The van der Waals surface area contributed by atoms with E-state index in [1.807, 2.05) is 0 Å². The molecule has 0 aliphatic rings. The molecule has 18 heavy (non-hydrogen) atoms. The van der Waals surface area contributed by atoms with Gasteiger partial charge in [-0.25, -0.2) is 0 Å². The lowest BCUT2D eigenvalue weighted by atomic mass is 10.2. The summed E-state index contributed by atoms with van der Waals surface area (Å²) < 4.78 is 0. The van der Waals surface area contributed by atoms with Gasteiger partial charge in [0.2, 0.25) is 0 Å². The molecule has 7 nitrogen and oxygen atoms in total. The van der Waals surface area contributed by atoms with Crippen LogP contribution in [0.3, 0.4) is 0 Å². The van der Waals surface area contributed by atoms with E-state index >= 15 is 0 Å². The van der Waals surface area contributed by atoms with Crippen molar-refractivity contribution in [2.75, 3.05) is 5.32 Å². The molecule has 0 amide bonds. The third-order valence-electron chi connectivity index (χ3n) is 2.25. The highest BCUT2D eigenvalue weighted by atomic mass is 16.6. The van der Waals surface area contributed by atoms with Crippen LogP contribution in [0, 0.1) is 10.1 Å². The van der Waals surface area contributed by atoms with Crippen LogP contribution in [0.25, 0.3) is 0 Å². The molecule has 0 unspecified atom stereocenters. The number of nitrogens with one attached hydrogen (secondary N) is 1. The summed E-state index contributed by atoms with van der Waals surface area (Å²) in [6, 6.07) is 3.93. The lowest BCUT2D eigenvalue weighted by Crippen LogP contribution is -2.04. The van der Waals surface area contributed by atoms with Gasteiger partial charge >= 0.3 is 0 Å². The minimum atomic E-state index is -0.557. The minimum Gasteiger partial charge on any atom is -0.508 e. The molecule has 0 spiro atoms. The zero-order valence-corrected chi connectivity index (χ0v) is 9.28. The highest BCUT2D eigenvalue weighted by Gasteiger charge is 2.14. The summed E-state index contributed by atoms with van der Waals surface area (Å²) in [6.45, 7) is 0.319. The molecule has 0 aliphatic carbocycles. The Balaban J connectivity index is 2.17. The van der Waals surface area contributed by atoms with E-state index < -0.39 is 4.92 Å². The third-order valence-corrected chi connectivity index (χ3v) is 2.25. The molecule has 0 fully saturated rings. The Morgan fingerprint density at radius 3 is 2.89 bits per heavy atom. The van der Waals surface area contributed by atoms with Gasteiger partial charge in [0.25, 0.3) is 5.69 Å².